The van der Waals surface area contributed by atoms with Gasteiger partial charge in [-0.2, -0.15) is 0 Å². The van der Waals surface area contributed by atoms with Gasteiger partial charge in [-0.15, -0.1) is 0 Å². The average molecular weight is 202 g/mol. The molecule has 78 valence electrons. The molecule has 0 saturated heterocycles. The molecule has 0 aliphatic rings. The molecule has 0 fully saturated rings. The first-order valence-electron chi connectivity index (χ1n) is 4.80. The van der Waals surface area contributed by atoms with E-state index in [1.807, 2.05) is 6.92 Å². The molecule has 4 nitrogen and oxygen atoms in total. The van der Waals surface area contributed by atoms with E-state index in [4.69, 9.17) is 0 Å². The topological polar surface area (TPSA) is 51.6 Å². The fraction of sp³-hybridized carbons (Fsp3) is 0.273. The second kappa shape index (κ2) is 6.59. The van der Waals surface area contributed by atoms with Gasteiger partial charge in [0.25, 0.3) is 0 Å². The lowest BCUT2D eigenvalue weighted by molar-refractivity contribution is 1.000. The summed E-state index contributed by atoms with van der Waals surface area (Å²) in [5.41, 5.74) is 2.01. The molecule has 2 heterocycles. The summed E-state index contributed by atoms with van der Waals surface area (Å²) in [4.78, 5) is 15.7. The molecule has 2 aromatic heterocycles. The molecule has 0 aliphatic carbocycles. The molecule has 0 N–H and O–H groups in total. The van der Waals surface area contributed by atoms with Gasteiger partial charge in [0.1, 0.15) is 0 Å². The van der Waals surface area contributed by atoms with Crippen molar-refractivity contribution in [1.29, 1.82) is 0 Å². The van der Waals surface area contributed by atoms with E-state index in [1.165, 1.54) is 0 Å². The van der Waals surface area contributed by atoms with Gasteiger partial charge in [-0.25, -0.2) is 0 Å². The molecule has 0 spiro atoms. The highest BCUT2D eigenvalue weighted by molar-refractivity contribution is 4.92. The summed E-state index contributed by atoms with van der Waals surface area (Å²) >= 11 is 0. The van der Waals surface area contributed by atoms with Crippen LogP contribution in [0.5, 0.6) is 0 Å². The van der Waals surface area contributed by atoms with Gasteiger partial charge in [0.15, 0.2) is 0 Å². The Kier molecular flexibility index (Phi) is 4.94. The summed E-state index contributed by atoms with van der Waals surface area (Å²) in [6.45, 7) is 3.97. The predicted molar refractivity (Wildman–Crippen MR) is 58.2 cm³/mol. The van der Waals surface area contributed by atoms with Crippen molar-refractivity contribution in [2.24, 2.45) is 0 Å². The van der Waals surface area contributed by atoms with Crippen LogP contribution in [0, 0.1) is 6.92 Å². The van der Waals surface area contributed by atoms with Gasteiger partial charge in [0.05, 0.1) is 11.4 Å². The van der Waals surface area contributed by atoms with E-state index in [1.54, 1.807) is 37.2 Å². The molecular formula is C11H14N4. The van der Waals surface area contributed by atoms with Crippen LogP contribution < -0.4 is 0 Å². The smallest absolute Gasteiger partial charge is 0.0583 e. The maximum absolute atomic E-state index is 4.03. The van der Waals surface area contributed by atoms with Crippen LogP contribution in [0.2, 0.25) is 0 Å². The fourth-order valence-corrected chi connectivity index (χ4v) is 0.886. The van der Waals surface area contributed by atoms with Crippen molar-refractivity contribution in [2.75, 3.05) is 0 Å². The lowest BCUT2D eigenvalue weighted by atomic mass is 10.4. The average Bonchev–Trinajstić information content (AvgIpc) is 2.32. The minimum atomic E-state index is 0.961. The maximum Gasteiger partial charge on any atom is 0.0583 e. The Hall–Kier alpha value is -1.84. The quantitative estimate of drug-likeness (QED) is 0.707. The van der Waals surface area contributed by atoms with Crippen molar-refractivity contribution >= 4 is 0 Å². The molecule has 0 bridgehead atoms. The zero-order valence-corrected chi connectivity index (χ0v) is 8.96. The Morgan fingerprint density at radius 3 is 1.87 bits per heavy atom. The van der Waals surface area contributed by atoms with Gasteiger partial charge in [0.2, 0.25) is 0 Å². The molecule has 0 saturated carbocycles. The van der Waals surface area contributed by atoms with Crippen LogP contribution in [0.4, 0.5) is 0 Å². The molecule has 0 atom stereocenters. The SMILES string of the molecule is CCc1cnccn1.Cc1cnccn1. The molecule has 0 unspecified atom stereocenters. The number of nitrogens with zero attached hydrogens (tertiary/aromatic N) is 4. The van der Waals surface area contributed by atoms with Crippen molar-refractivity contribution in [2.45, 2.75) is 20.3 Å². The molecule has 15 heavy (non-hydrogen) atoms. The molecule has 0 radical (unpaired) electrons. The Labute approximate surface area is 89.5 Å². The van der Waals surface area contributed by atoms with Crippen LogP contribution in [0.15, 0.2) is 37.2 Å². The number of rotatable bonds is 1. The van der Waals surface area contributed by atoms with Gasteiger partial charge in [-0.3, -0.25) is 19.9 Å². The first-order chi connectivity index (χ1) is 7.33. The fourth-order valence-electron chi connectivity index (χ4n) is 0.886. The summed E-state index contributed by atoms with van der Waals surface area (Å²) in [7, 11) is 0. The van der Waals surface area contributed by atoms with Crippen molar-refractivity contribution in [3.8, 4) is 0 Å². The van der Waals surface area contributed by atoms with Gasteiger partial charge in [-0.05, 0) is 13.3 Å². The Morgan fingerprint density at radius 1 is 0.933 bits per heavy atom. The van der Waals surface area contributed by atoms with E-state index in [0.717, 1.165) is 17.8 Å². The van der Waals surface area contributed by atoms with Crippen LogP contribution in [-0.4, -0.2) is 19.9 Å². The highest BCUT2D eigenvalue weighted by Crippen LogP contribution is 1.87. The first-order valence-corrected chi connectivity index (χ1v) is 4.80. The molecule has 0 amide bonds. The maximum atomic E-state index is 4.03. The highest BCUT2D eigenvalue weighted by Gasteiger charge is 1.82. The number of hydrogen-bond donors (Lipinski definition) is 0. The third kappa shape index (κ3) is 4.81. The van der Waals surface area contributed by atoms with Gasteiger partial charge >= 0.3 is 0 Å². The van der Waals surface area contributed by atoms with Crippen LogP contribution in [-0.2, 0) is 6.42 Å². The van der Waals surface area contributed by atoms with Crippen molar-refractivity contribution < 1.29 is 0 Å². The van der Waals surface area contributed by atoms with E-state index in [-0.39, 0.29) is 0 Å². The minimum absolute atomic E-state index is 0.961. The normalized spacial score (nSPS) is 8.93. The van der Waals surface area contributed by atoms with Crippen molar-refractivity contribution in [3.63, 3.8) is 0 Å². The summed E-state index contributed by atoms with van der Waals surface area (Å²) in [5.74, 6) is 0. The number of hydrogen-bond acceptors (Lipinski definition) is 4. The molecule has 4 heteroatoms. The third-order valence-corrected chi connectivity index (χ3v) is 1.67. The summed E-state index contributed by atoms with van der Waals surface area (Å²) < 4.78 is 0. The van der Waals surface area contributed by atoms with Crippen LogP contribution in [0.25, 0.3) is 0 Å². The number of aryl methyl sites for hydroxylation is 2. The van der Waals surface area contributed by atoms with Crippen molar-refractivity contribution in [1.82, 2.24) is 19.9 Å². The number of aromatic nitrogens is 4. The minimum Gasteiger partial charge on any atom is -0.261 e. The van der Waals surface area contributed by atoms with Crippen LogP contribution >= 0.6 is 0 Å². The van der Waals surface area contributed by atoms with E-state index >= 15 is 0 Å². The monoisotopic (exact) mass is 202 g/mol. The molecule has 0 aromatic carbocycles. The zero-order valence-electron chi connectivity index (χ0n) is 8.96. The molecule has 0 aliphatic heterocycles. The second-order valence-electron chi connectivity index (χ2n) is 2.90. The summed E-state index contributed by atoms with van der Waals surface area (Å²) in [6.07, 6.45) is 11.2. The standard InChI is InChI=1S/C6H8N2.C5H6N2/c1-2-6-5-7-3-4-8-6;1-5-4-6-2-3-7-5/h3-5H,2H2,1H3;2-4H,1H3. The Morgan fingerprint density at radius 2 is 1.60 bits per heavy atom. The van der Waals surface area contributed by atoms with Gasteiger partial charge in [-0.1, -0.05) is 6.92 Å². The summed E-state index contributed by atoms with van der Waals surface area (Å²) in [6, 6.07) is 0. The van der Waals surface area contributed by atoms with E-state index < -0.39 is 0 Å². The second-order valence-corrected chi connectivity index (χ2v) is 2.90. The molecular weight excluding hydrogens is 188 g/mol. The largest absolute Gasteiger partial charge is 0.261 e. The third-order valence-electron chi connectivity index (χ3n) is 1.67. The van der Waals surface area contributed by atoms with Crippen LogP contribution in [0.3, 0.4) is 0 Å². The van der Waals surface area contributed by atoms with E-state index in [2.05, 4.69) is 26.9 Å². The lowest BCUT2D eigenvalue weighted by Crippen LogP contribution is -1.84. The zero-order chi connectivity index (χ0) is 10.9. The first kappa shape index (κ1) is 11.2. The van der Waals surface area contributed by atoms with E-state index in [0.29, 0.717) is 0 Å². The Bertz CT molecular complexity index is 361. The van der Waals surface area contributed by atoms with Gasteiger partial charge < -0.3 is 0 Å². The molecule has 2 rings (SSSR count). The predicted octanol–water partition coefficient (Wildman–Crippen LogP) is 1.82. The lowest BCUT2D eigenvalue weighted by Gasteiger charge is -1.88. The van der Waals surface area contributed by atoms with E-state index in [9.17, 15) is 0 Å². The van der Waals surface area contributed by atoms with Crippen molar-refractivity contribution in [3.05, 3.63) is 48.6 Å². The van der Waals surface area contributed by atoms with Crippen LogP contribution in [0.1, 0.15) is 18.3 Å². The summed E-state index contributed by atoms with van der Waals surface area (Å²) in [5, 5.41) is 0. The Balaban J connectivity index is 0.000000151. The highest BCUT2D eigenvalue weighted by atomic mass is 14.8. The molecule has 2 aromatic rings. The van der Waals surface area contributed by atoms with Gasteiger partial charge in [0, 0.05) is 37.2 Å².